The number of benzene rings is 2. The first-order valence-electron chi connectivity index (χ1n) is 6.97. The number of primary sulfonamides is 1. The van der Waals surface area contributed by atoms with Crippen LogP contribution in [0.1, 0.15) is 10.4 Å². The van der Waals surface area contributed by atoms with Crippen LogP contribution in [0.25, 0.3) is 0 Å². The van der Waals surface area contributed by atoms with Gasteiger partial charge < -0.3 is 14.8 Å². The Balaban J connectivity index is 2.24. The average Bonchev–Trinajstić information content (AvgIpc) is 2.59. The van der Waals surface area contributed by atoms with Gasteiger partial charge in [0.2, 0.25) is 10.0 Å². The van der Waals surface area contributed by atoms with E-state index < -0.39 is 15.9 Å². The van der Waals surface area contributed by atoms with Gasteiger partial charge in [-0.1, -0.05) is 0 Å². The lowest BCUT2D eigenvalue weighted by molar-refractivity contribution is 0.102. The van der Waals surface area contributed by atoms with Gasteiger partial charge in [-0.05, 0) is 42.5 Å². The SMILES string of the molecule is COc1ccc(S(N)(=O)=O)cc1C(=O)Nc1ccc(OCC#N)cc1. The average molecular weight is 361 g/mol. The Morgan fingerprint density at radius 1 is 1.24 bits per heavy atom. The highest BCUT2D eigenvalue weighted by molar-refractivity contribution is 7.89. The molecule has 1 amide bonds. The van der Waals surface area contributed by atoms with E-state index in [1.165, 1.54) is 19.2 Å². The van der Waals surface area contributed by atoms with Gasteiger partial charge in [-0.15, -0.1) is 0 Å². The zero-order valence-corrected chi connectivity index (χ0v) is 14.0. The van der Waals surface area contributed by atoms with Gasteiger partial charge in [-0.25, -0.2) is 13.6 Å². The summed E-state index contributed by atoms with van der Waals surface area (Å²) in [6.07, 6.45) is 0. The Bertz CT molecular complexity index is 918. The lowest BCUT2D eigenvalue weighted by Crippen LogP contribution is -2.16. The first kappa shape index (κ1) is 18.3. The van der Waals surface area contributed by atoms with Crippen molar-refractivity contribution in [2.75, 3.05) is 19.0 Å². The standard InChI is InChI=1S/C16H15N3O5S/c1-23-15-7-6-13(25(18,21)22)10-14(15)16(20)19-11-2-4-12(5-3-11)24-9-8-17/h2-7,10H,9H2,1H3,(H,19,20)(H2,18,21,22). The van der Waals surface area contributed by atoms with Gasteiger partial charge in [0.25, 0.3) is 5.91 Å². The number of carbonyl (C=O) groups is 1. The fourth-order valence-corrected chi connectivity index (χ4v) is 2.53. The molecule has 2 aromatic carbocycles. The van der Waals surface area contributed by atoms with Gasteiger partial charge in [0, 0.05) is 5.69 Å². The smallest absolute Gasteiger partial charge is 0.259 e. The molecular formula is C16H15N3O5S. The molecule has 0 aliphatic rings. The summed E-state index contributed by atoms with van der Waals surface area (Å²) in [6, 6.07) is 12.0. The summed E-state index contributed by atoms with van der Waals surface area (Å²) < 4.78 is 33.1. The highest BCUT2D eigenvalue weighted by Crippen LogP contribution is 2.24. The number of rotatable bonds is 6. The molecule has 0 saturated heterocycles. The maximum absolute atomic E-state index is 12.4. The number of nitrogens with one attached hydrogen (secondary N) is 1. The van der Waals surface area contributed by atoms with Crippen LogP contribution in [0, 0.1) is 11.3 Å². The molecule has 0 spiro atoms. The predicted molar refractivity (Wildman–Crippen MR) is 89.9 cm³/mol. The van der Waals surface area contributed by atoms with Gasteiger partial charge in [0.15, 0.2) is 6.61 Å². The van der Waals surface area contributed by atoms with Crippen molar-refractivity contribution in [1.29, 1.82) is 5.26 Å². The number of nitrogens with two attached hydrogens (primary N) is 1. The quantitative estimate of drug-likeness (QED) is 0.801. The minimum Gasteiger partial charge on any atom is -0.496 e. The normalized spacial score (nSPS) is 10.6. The molecule has 25 heavy (non-hydrogen) atoms. The molecule has 0 heterocycles. The number of nitriles is 1. The Labute approximate surface area is 144 Å². The van der Waals surface area contributed by atoms with Crippen molar-refractivity contribution < 1.29 is 22.7 Å². The number of hydrogen-bond acceptors (Lipinski definition) is 6. The molecule has 9 heteroatoms. The summed E-state index contributed by atoms with van der Waals surface area (Å²) in [5.74, 6) is 0.125. The maximum Gasteiger partial charge on any atom is 0.259 e. The summed E-state index contributed by atoms with van der Waals surface area (Å²) in [5.41, 5.74) is 0.483. The van der Waals surface area contributed by atoms with Gasteiger partial charge in [-0.2, -0.15) is 5.26 Å². The second-order valence-electron chi connectivity index (χ2n) is 4.83. The van der Waals surface area contributed by atoms with Gasteiger partial charge >= 0.3 is 0 Å². The monoisotopic (exact) mass is 361 g/mol. The number of sulfonamides is 1. The molecule has 0 bridgehead atoms. The molecule has 0 aliphatic carbocycles. The molecule has 0 aliphatic heterocycles. The molecule has 130 valence electrons. The molecule has 0 fully saturated rings. The Hall–Kier alpha value is -3.09. The molecule has 3 N–H and O–H groups in total. The predicted octanol–water partition coefficient (Wildman–Crippen LogP) is 1.50. The van der Waals surface area contributed by atoms with Crippen molar-refractivity contribution in [2.24, 2.45) is 5.14 Å². The fourth-order valence-electron chi connectivity index (χ4n) is 1.99. The molecule has 2 aromatic rings. The summed E-state index contributed by atoms with van der Waals surface area (Å²) in [4.78, 5) is 12.2. The number of anilines is 1. The number of nitrogens with zero attached hydrogens (tertiary/aromatic N) is 1. The molecule has 2 rings (SSSR count). The minimum atomic E-state index is -3.95. The first-order valence-corrected chi connectivity index (χ1v) is 8.52. The van der Waals surface area contributed by atoms with E-state index >= 15 is 0 Å². The van der Waals surface area contributed by atoms with Gasteiger partial charge in [0.05, 0.1) is 17.6 Å². The summed E-state index contributed by atoms with van der Waals surface area (Å²) in [7, 11) is -2.58. The van der Waals surface area contributed by atoms with Crippen molar-refractivity contribution in [1.82, 2.24) is 0 Å². The lowest BCUT2D eigenvalue weighted by Gasteiger charge is -2.11. The molecule has 8 nitrogen and oxygen atoms in total. The van der Waals surface area contributed by atoms with Crippen molar-refractivity contribution in [3.8, 4) is 17.6 Å². The number of amides is 1. The van der Waals surface area contributed by atoms with Crippen LogP contribution >= 0.6 is 0 Å². The van der Waals surface area contributed by atoms with Crippen molar-refractivity contribution in [3.63, 3.8) is 0 Å². The van der Waals surface area contributed by atoms with E-state index in [4.69, 9.17) is 19.9 Å². The van der Waals surface area contributed by atoms with E-state index in [1.54, 1.807) is 24.3 Å². The van der Waals surface area contributed by atoms with Crippen LogP contribution in [-0.4, -0.2) is 28.0 Å². The van der Waals surface area contributed by atoms with E-state index in [0.717, 1.165) is 6.07 Å². The zero-order valence-electron chi connectivity index (χ0n) is 13.2. The number of ether oxygens (including phenoxy) is 2. The fraction of sp³-hybridized carbons (Fsp3) is 0.125. The van der Waals surface area contributed by atoms with Crippen molar-refractivity contribution in [3.05, 3.63) is 48.0 Å². The summed E-state index contributed by atoms with van der Waals surface area (Å²) in [5, 5.41) is 16.2. The third-order valence-corrected chi connectivity index (χ3v) is 4.07. The van der Waals surface area contributed by atoms with Crippen molar-refractivity contribution >= 4 is 21.6 Å². The van der Waals surface area contributed by atoms with Gasteiger partial charge in [-0.3, -0.25) is 4.79 Å². The largest absolute Gasteiger partial charge is 0.496 e. The Morgan fingerprint density at radius 3 is 2.48 bits per heavy atom. The Kier molecular flexibility index (Phi) is 5.59. The third kappa shape index (κ3) is 4.69. The van der Waals surface area contributed by atoms with E-state index in [1.807, 2.05) is 6.07 Å². The van der Waals surface area contributed by atoms with E-state index in [2.05, 4.69) is 5.32 Å². The third-order valence-electron chi connectivity index (χ3n) is 3.16. The molecule has 0 saturated carbocycles. The number of hydrogen-bond donors (Lipinski definition) is 2. The van der Waals surface area contributed by atoms with Crippen LogP contribution < -0.4 is 19.9 Å². The number of methoxy groups -OCH3 is 1. The van der Waals surface area contributed by atoms with Crippen LogP contribution in [-0.2, 0) is 10.0 Å². The van der Waals surface area contributed by atoms with E-state index in [9.17, 15) is 13.2 Å². The Morgan fingerprint density at radius 2 is 1.92 bits per heavy atom. The van der Waals surface area contributed by atoms with Crippen LogP contribution in [0.3, 0.4) is 0 Å². The lowest BCUT2D eigenvalue weighted by atomic mass is 10.2. The van der Waals surface area contributed by atoms with Crippen LogP contribution in [0.15, 0.2) is 47.4 Å². The topological polar surface area (TPSA) is 132 Å². The second kappa shape index (κ2) is 7.65. The number of carbonyl (C=O) groups excluding carboxylic acids is 1. The molecule has 0 radical (unpaired) electrons. The minimum absolute atomic E-state index is 0.0267. The summed E-state index contributed by atoms with van der Waals surface area (Å²) >= 11 is 0. The molecule has 0 aromatic heterocycles. The maximum atomic E-state index is 12.4. The summed E-state index contributed by atoms with van der Waals surface area (Å²) in [6.45, 7) is -0.0801. The van der Waals surface area contributed by atoms with E-state index in [-0.39, 0.29) is 22.8 Å². The van der Waals surface area contributed by atoms with Gasteiger partial charge in [0.1, 0.15) is 17.6 Å². The van der Waals surface area contributed by atoms with Crippen LogP contribution in [0.5, 0.6) is 11.5 Å². The molecular weight excluding hydrogens is 346 g/mol. The van der Waals surface area contributed by atoms with Crippen LogP contribution in [0.4, 0.5) is 5.69 Å². The highest BCUT2D eigenvalue weighted by Gasteiger charge is 2.17. The second-order valence-corrected chi connectivity index (χ2v) is 6.39. The van der Waals surface area contributed by atoms with Crippen molar-refractivity contribution in [2.45, 2.75) is 4.90 Å². The highest BCUT2D eigenvalue weighted by atomic mass is 32.2. The zero-order chi connectivity index (χ0) is 18.4. The van der Waals surface area contributed by atoms with E-state index in [0.29, 0.717) is 11.4 Å². The van der Waals surface area contributed by atoms with Crippen LogP contribution in [0.2, 0.25) is 0 Å². The molecule has 0 unspecified atom stereocenters. The molecule has 0 atom stereocenters. The first-order chi connectivity index (χ1) is 11.8.